The molecule has 0 unspecified atom stereocenters. The molecule has 0 spiro atoms. The van der Waals surface area contributed by atoms with Crippen LogP contribution in [0.4, 0.5) is 4.79 Å². The molecule has 1 aromatic carbocycles. The van der Waals surface area contributed by atoms with Crippen LogP contribution in [0.15, 0.2) is 18.2 Å². The Labute approximate surface area is 153 Å². The fourth-order valence-electron chi connectivity index (χ4n) is 3.26. The maximum Gasteiger partial charge on any atom is 0.410 e. The van der Waals surface area contributed by atoms with Gasteiger partial charge >= 0.3 is 12.1 Å². The van der Waals surface area contributed by atoms with Crippen molar-refractivity contribution in [1.82, 2.24) is 4.90 Å². The van der Waals surface area contributed by atoms with Crippen molar-refractivity contribution in [3.8, 4) is 11.5 Å². The van der Waals surface area contributed by atoms with Gasteiger partial charge in [-0.1, -0.05) is 6.07 Å². The topological polar surface area (TPSA) is 85.3 Å². The van der Waals surface area contributed by atoms with E-state index in [4.69, 9.17) is 14.2 Å². The molecular formula is C19H27NO6. The maximum absolute atomic E-state index is 12.5. The van der Waals surface area contributed by atoms with E-state index < -0.39 is 11.7 Å². The number of amides is 1. The molecule has 0 aromatic heterocycles. The lowest BCUT2D eigenvalue weighted by atomic mass is 9.85. The summed E-state index contributed by atoms with van der Waals surface area (Å²) >= 11 is 0. The Morgan fingerprint density at radius 1 is 1.23 bits per heavy atom. The van der Waals surface area contributed by atoms with E-state index in [0.29, 0.717) is 24.4 Å². The van der Waals surface area contributed by atoms with E-state index in [1.54, 1.807) is 43.9 Å². The van der Waals surface area contributed by atoms with Crippen LogP contribution in [0, 0.1) is 5.92 Å². The van der Waals surface area contributed by atoms with E-state index in [0.717, 1.165) is 0 Å². The van der Waals surface area contributed by atoms with Gasteiger partial charge in [-0.25, -0.2) is 4.79 Å². The van der Waals surface area contributed by atoms with Crippen LogP contribution in [0.3, 0.4) is 0 Å². The molecule has 7 heteroatoms. The summed E-state index contributed by atoms with van der Waals surface area (Å²) < 4.78 is 15.6. The van der Waals surface area contributed by atoms with E-state index >= 15 is 0 Å². The number of ether oxygens (including phenoxy) is 3. The molecule has 1 fully saturated rings. The first-order valence-corrected chi connectivity index (χ1v) is 8.57. The smallest absolute Gasteiger partial charge is 0.410 e. The second kappa shape index (κ2) is 7.85. The highest BCUT2D eigenvalue weighted by atomic mass is 16.6. The van der Waals surface area contributed by atoms with Crippen LogP contribution >= 0.6 is 0 Å². The summed E-state index contributed by atoms with van der Waals surface area (Å²) in [6.07, 6.45) is -0.304. The zero-order valence-corrected chi connectivity index (χ0v) is 15.9. The lowest BCUT2D eigenvalue weighted by molar-refractivity contribution is -0.141. The molecule has 7 nitrogen and oxygen atoms in total. The molecule has 1 heterocycles. The number of phenols is 1. The Hall–Kier alpha value is -2.44. The number of rotatable bonds is 4. The minimum Gasteiger partial charge on any atom is -0.508 e. The molecule has 0 bridgehead atoms. The molecule has 144 valence electrons. The van der Waals surface area contributed by atoms with Crippen molar-refractivity contribution < 1.29 is 28.9 Å². The second-order valence-corrected chi connectivity index (χ2v) is 7.43. The van der Waals surface area contributed by atoms with Gasteiger partial charge < -0.3 is 24.2 Å². The third-order valence-corrected chi connectivity index (χ3v) is 4.38. The Morgan fingerprint density at radius 3 is 2.50 bits per heavy atom. The molecular weight excluding hydrogens is 338 g/mol. The van der Waals surface area contributed by atoms with Gasteiger partial charge in [0.25, 0.3) is 0 Å². The van der Waals surface area contributed by atoms with E-state index in [1.165, 1.54) is 14.2 Å². The van der Waals surface area contributed by atoms with Crippen molar-refractivity contribution in [3.63, 3.8) is 0 Å². The predicted molar refractivity (Wildman–Crippen MR) is 95.3 cm³/mol. The highest BCUT2D eigenvalue weighted by Gasteiger charge is 2.41. The number of carbonyl (C=O) groups excluding carboxylic acids is 2. The lowest BCUT2D eigenvalue weighted by Gasteiger charge is -2.24. The van der Waals surface area contributed by atoms with Gasteiger partial charge in [0.05, 0.1) is 20.6 Å². The SMILES string of the molecule is COC(=O)C[C@H]1CN(C(=O)OC(C)(C)C)C[C@@H]1c1c(O)cccc1OC. The van der Waals surface area contributed by atoms with Gasteiger partial charge in [-0.2, -0.15) is 0 Å². The minimum absolute atomic E-state index is 0.0789. The molecule has 26 heavy (non-hydrogen) atoms. The first-order chi connectivity index (χ1) is 12.2. The van der Waals surface area contributed by atoms with Gasteiger partial charge in [0.15, 0.2) is 0 Å². The van der Waals surface area contributed by atoms with Crippen molar-refractivity contribution in [1.29, 1.82) is 0 Å². The summed E-state index contributed by atoms with van der Waals surface area (Å²) in [4.78, 5) is 25.9. The van der Waals surface area contributed by atoms with Crippen molar-refractivity contribution in [2.75, 3.05) is 27.3 Å². The number of nitrogens with zero attached hydrogens (tertiary/aromatic N) is 1. The summed E-state index contributed by atoms with van der Waals surface area (Å²) in [5, 5.41) is 10.4. The van der Waals surface area contributed by atoms with Crippen molar-refractivity contribution in [2.45, 2.75) is 38.7 Å². The molecule has 0 saturated carbocycles. The van der Waals surface area contributed by atoms with E-state index in [1.807, 2.05) is 0 Å². The van der Waals surface area contributed by atoms with E-state index in [9.17, 15) is 14.7 Å². The van der Waals surface area contributed by atoms with Crippen molar-refractivity contribution >= 4 is 12.1 Å². The molecule has 0 aliphatic carbocycles. The molecule has 2 rings (SSSR count). The fourth-order valence-corrected chi connectivity index (χ4v) is 3.26. The van der Waals surface area contributed by atoms with E-state index in [-0.39, 0.29) is 30.0 Å². The van der Waals surface area contributed by atoms with E-state index in [2.05, 4.69) is 0 Å². The molecule has 1 amide bonds. The monoisotopic (exact) mass is 365 g/mol. The van der Waals surface area contributed by atoms with Crippen LogP contribution in [0.5, 0.6) is 11.5 Å². The van der Waals surface area contributed by atoms with Gasteiger partial charge in [-0.05, 0) is 38.8 Å². The second-order valence-electron chi connectivity index (χ2n) is 7.43. The average molecular weight is 365 g/mol. The number of likely N-dealkylation sites (tertiary alicyclic amines) is 1. The summed E-state index contributed by atoms with van der Waals surface area (Å²) in [7, 11) is 2.85. The molecule has 1 N–H and O–H groups in total. The zero-order valence-electron chi connectivity index (χ0n) is 15.9. The fraction of sp³-hybridized carbons (Fsp3) is 0.579. The van der Waals surface area contributed by atoms with Crippen LogP contribution in [0.2, 0.25) is 0 Å². The van der Waals surface area contributed by atoms with Gasteiger partial charge in [0, 0.05) is 24.6 Å². The number of phenolic OH excluding ortho intramolecular Hbond substituents is 1. The standard InChI is InChI=1S/C19H27NO6/c1-19(2,3)26-18(23)20-10-12(9-16(22)25-5)13(11-20)17-14(21)7-6-8-15(17)24-4/h6-8,12-13,21H,9-11H2,1-5H3/t12-,13-/m0/s1. The molecule has 1 aliphatic rings. The van der Waals surface area contributed by atoms with Crippen molar-refractivity contribution in [2.24, 2.45) is 5.92 Å². The summed E-state index contributed by atoms with van der Waals surface area (Å²) in [6.45, 7) is 6.07. The third kappa shape index (κ3) is 4.59. The minimum atomic E-state index is -0.612. The number of methoxy groups -OCH3 is 2. The summed E-state index contributed by atoms with van der Waals surface area (Å²) in [5.41, 5.74) is -0.0190. The lowest BCUT2D eigenvalue weighted by Crippen LogP contribution is -2.35. The van der Waals surface area contributed by atoms with Crippen LogP contribution in [0.1, 0.15) is 38.7 Å². The summed E-state index contributed by atoms with van der Waals surface area (Å²) in [5.74, 6) is -0.235. The normalized spacial score (nSPS) is 20.0. The van der Waals surface area contributed by atoms with Crippen LogP contribution < -0.4 is 4.74 Å². The van der Waals surface area contributed by atoms with Crippen LogP contribution in [0.25, 0.3) is 0 Å². The highest BCUT2D eigenvalue weighted by Crippen LogP contribution is 2.43. The predicted octanol–water partition coefficient (Wildman–Crippen LogP) is 2.91. The Kier molecular flexibility index (Phi) is 6.00. The quantitative estimate of drug-likeness (QED) is 0.826. The summed E-state index contributed by atoms with van der Waals surface area (Å²) in [6, 6.07) is 5.01. The van der Waals surface area contributed by atoms with Gasteiger partial charge in [-0.15, -0.1) is 0 Å². The molecule has 1 aliphatic heterocycles. The zero-order chi connectivity index (χ0) is 19.5. The Morgan fingerprint density at radius 2 is 1.92 bits per heavy atom. The number of hydrogen-bond donors (Lipinski definition) is 1. The van der Waals surface area contributed by atoms with Crippen molar-refractivity contribution in [3.05, 3.63) is 23.8 Å². The first-order valence-electron chi connectivity index (χ1n) is 8.57. The number of carbonyl (C=O) groups is 2. The van der Waals surface area contributed by atoms with Crippen LogP contribution in [-0.4, -0.2) is 55.0 Å². The number of esters is 1. The maximum atomic E-state index is 12.5. The molecule has 1 aromatic rings. The number of benzene rings is 1. The number of hydrogen-bond acceptors (Lipinski definition) is 6. The largest absolute Gasteiger partial charge is 0.508 e. The van der Waals surface area contributed by atoms with Crippen LogP contribution in [-0.2, 0) is 14.3 Å². The Bertz CT molecular complexity index is 666. The molecule has 2 atom stereocenters. The molecule has 1 saturated heterocycles. The Balaban J connectivity index is 2.32. The first kappa shape index (κ1) is 19.9. The average Bonchev–Trinajstić information content (AvgIpc) is 2.96. The van der Waals surface area contributed by atoms with Gasteiger partial charge in [0.2, 0.25) is 0 Å². The highest BCUT2D eigenvalue weighted by molar-refractivity contribution is 5.72. The van der Waals surface area contributed by atoms with Gasteiger partial charge in [0.1, 0.15) is 17.1 Å². The number of aromatic hydroxyl groups is 1. The van der Waals surface area contributed by atoms with Gasteiger partial charge in [-0.3, -0.25) is 4.79 Å². The molecule has 0 radical (unpaired) electrons. The third-order valence-electron chi connectivity index (χ3n) is 4.38.